The van der Waals surface area contributed by atoms with Crippen LogP contribution in [0.25, 0.3) is 0 Å². The van der Waals surface area contributed by atoms with E-state index < -0.39 is 12.0 Å². The highest BCUT2D eigenvalue weighted by atomic mass is 19.1. The molecule has 0 radical (unpaired) electrons. The number of hydrogen-bond donors (Lipinski definition) is 0. The third kappa shape index (κ3) is 5.02. The van der Waals surface area contributed by atoms with Crippen LogP contribution in [0.2, 0.25) is 0 Å². The summed E-state index contributed by atoms with van der Waals surface area (Å²) in [7, 11) is 3.39. The third-order valence-corrected chi connectivity index (χ3v) is 7.07. The molecule has 5 rings (SSSR count). The van der Waals surface area contributed by atoms with Crippen molar-refractivity contribution in [1.29, 1.82) is 0 Å². The van der Waals surface area contributed by atoms with Gasteiger partial charge in [0.15, 0.2) is 0 Å². The molecule has 1 aliphatic heterocycles. The molecule has 38 heavy (non-hydrogen) atoms. The van der Waals surface area contributed by atoms with E-state index in [1.807, 2.05) is 72.8 Å². The molecule has 0 unspecified atom stereocenters. The van der Waals surface area contributed by atoms with Gasteiger partial charge in [0.25, 0.3) is 5.91 Å². The van der Waals surface area contributed by atoms with E-state index in [2.05, 4.69) is 0 Å². The van der Waals surface area contributed by atoms with Gasteiger partial charge in [-0.1, -0.05) is 72.8 Å². The van der Waals surface area contributed by atoms with Gasteiger partial charge in [-0.2, -0.15) is 0 Å². The van der Waals surface area contributed by atoms with E-state index in [1.54, 1.807) is 42.2 Å². The van der Waals surface area contributed by atoms with Gasteiger partial charge in [-0.15, -0.1) is 0 Å². The molecule has 0 bridgehead atoms. The number of ether oxygens (including phenoxy) is 1. The predicted octanol–water partition coefficient (Wildman–Crippen LogP) is 5.97. The summed E-state index contributed by atoms with van der Waals surface area (Å²) in [5.74, 6) is -0.539. The highest BCUT2D eigenvalue weighted by Crippen LogP contribution is 2.44. The van der Waals surface area contributed by atoms with Crippen molar-refractivity contribution in [2.45, 2.75) is 25.0 Å². The van der Waals surface area contributed by atoms with Crippen molar-refractivity contribution in [2.24, 2.45) is 0 Å². The first-order valence-corrected chi connectivity index (χ1v) is 12.5. The van der Waals surface area contributed by atoms with Gasteiger partial charge in [-0.25, -0.2) is 4.39 Å². The van der Waals surface area contributed by atoms with E-state index in [9.17, 15) is 14.0 Å². The fraction of sp³-hybridized carbons (Fsp3) is 0.188. The molecule has 4 aromatic carbocycles. The SMILES string of the molecule is COc1ccc([C@H]2[C@@H](C(=O)N(C)Cc3ccccc3)c3ccccc3C(=O)N2Cc2ccc(F)cc2)cc1. The Hall–Kier alpha value is -4.45. The van der Waals surface area contributed by atoms with Crippen LogP contribution in [0.1, 0.15) is 44.6 Å². The fourth-order valence-corrected chi connectivity index (χ4v) is 5.16. The first kappa shape index (κ1) is 25.2. The van der Waals surface area contributed by atoms with Crippen LogP contribution in [0.3, 0.4) is 0 Å². The number of likely N-dealkylation sites (N-methyl/N-ethyl adjacent to an activating group) is 1. The molecule has 5 nitrogen and oxygen atoms in total. The molecule has 2 amide bonds. The summed E-state index contributed by atoms with van der Waals surface area (Å²) < 4.78 is 19.0. The Kier molecular flexibility index (Phi) is 7.22. The molecule has 2 atom stereocenters. The van der Waals surface area contributed by atoms with E-state index in [0.29, 0.717) is 23.4 Å². The van der Waals surface area contributed by atoms with Gasteiger partial charge in [-0.3, -0.25) is 9.59 Å². The van der Waals surface area contributed by atoms with Crippen molar-refractivity contribution in [2.75, 3.05) is 14.2 Å². The summed E-state index contributed by atoms with van der Waals surface area (Å²) in [5, 5.41) is 0. The Bertz CT molecular complexity index is 1420. The van der Waals surface area contributed by atoms with E-state index in [-0.39, 0.29) is 24.2 Å². The first-order valence-electron chi connectivity index (χ1n) is 12.5. The molecule has 1 heterocycles. The number of rotatable bonds is 7. The Balaban J connectivity index is 1.61. The van der Waals surface area contributed by atoms with E-state index in [0.717, 1.165) is 16.7 Å². The van der Waals surface area contributed by atoms with Crippen LogP contribution >= 0.6 is 0 Å². The van der Waals surface area contributed by atoms with Crippen LogP contribution in [0, 0.1) is 5.82 Å². The molecule has 1 aliphatic rings. The lowest BCUT2D eigenvalue weighted by Crippen LogP contribution is -2.47. The molecule has 0 aromatic heterocycles. The normalized spacial score (nSPS) is 16.6. The monoisotopic (exact) mass is 508 g/mol. The Morgan fingerprint density at radius 1 is 0.868 bits per heavy atom. The summed E-state index contributed by atoms with van der Waals surface area (Å²) in [6, 6.07) is 30.2. The quantitative estimate of drug-likeness (QED) is 0.309. The van der Waals surface area contributed by atoms with Gasteiger partial charge in [0.1, 0.15) is 11.6 Å². The molecule has 0 fully saturated rings. The number of fused-ring (bicyclic) bond motifs is 1. The van der Waals surface area contributed by atoms with Gasteiger partial charge in [0.2, 0.25) is 5.91 Å². The molecular weight excluding hydrogens is 479 g/mol. The second-order valence-corrected chi connectivity index (χ2v) is 9.52. The minimum absolute atomic E-state index is 0.0845. The maximum atomic E-state index is 14.2. The molecule has 6 heteroatoms. The number of carbonyl (C=O) groups excluding carboxylic acids is 2. The van der Waals surface area contributed by atoms with E-state index in [1.165, 1.54) is 12.1 Å². The van der Waals surface area contributed by atoms with Gasteiger partial charge in [0, 0.05) is 25.7 Å². The Morgan fingerprint density at radius 2 is 1.53 bits per heavy atom. The number of methoxy groups -OCH3 is 1. The molecule has 192 valence electrons. The molecular formula is C32H29FN2O3. The van der Waals surface area contributed by atoms with Crippen LogP contribution < -0.4 is 4.74 Å². The average molecular weight is 509 g/mol. The van der Waals surface area contributed by atoms with Crippen molar-refractivity contribution in [3.8, 4) is 5.75 Å². The minimum atomic E-state index is -0.633. The maximum Gasteiger partial charge on any atom is 0.255 e. The predicted molar refractivity (Wildman–Crippen MR) is 144 cm³/mol. The van der Waals surface area contributed by atoms with Crippen molar-refractivity contribution < 1.29 is 18.7 Å². The number of benzene rings is 4. The molecule has 0 saturated heterocycles. The van der Waals surface area contributed by atoms with Crippen LogP contribution in [0.15, 0.2) is 103 Å². The zero-order valence-corrected chi connectivity index (χ0v) is 21.4. The zero-order chi connectivity index (χ0) is 26.6. The summed E-state index contributed by atoms with van der Waals surface area (Å²) in [5.41, 5.74) is 3.83. The van der Waals surface area contributed by atoms with Crippen molar-refractivity contribution in [1.82, 2.24) is 9.80 Å². The van der Waals surface area contributed by atoms with Crippen LogP contribution in [0.4, 0.5) is 4.39 Å². The molecule has 0 N–H and O–H groups in total. The lowest BCUT2D eigenvalue weighted by atomic mass is 9.78. The number of halogens is 1. The summed E-state index contributed by atoms with van der Waals surface area (Å²) in [6.07, 6.45) is 0. The first-order chi connectivity index (χ1) is 18.5. The number of amides is 2. The minimum Gasteiger partial charge on any atom is -0.497 e. The van der Waals surface area contributed by atoms with E-state index >= 15 is 0 Å². The Labute approximate surface area is 222 Å². The van der Waals surface area contributed by atoms with Crippen LogP contribution in [-0.4, -0.2) is 35.8 Å². The molecule has 0 aliphatic carbocycles. The van der Waals surface area contributed by atoms with Gasteiger partial charge < -0.3 is 14.5 Å². The van der Waals surface area contributed by atoms with E-state index in [4.69, 9.17) is 4.74 Å². The standard InChI is InChI=1S/C32H29FN2O3/c1-34(20-22-8-4-3-5-9-22)32(37)29-27-10-6-7-11-28(27)31(36)35(21-23-12-16-25(33)17-13-23)30(29)24-14-18-26(38-2)19-15-24/h3-19,29-30H,20-21H2,1-2H3/t29-,30-/m0/s1. The third-order valence-electron chi connectivity index (χ3n) is 7.07. The zero-order valence-electron chi connectivity index (χ0n) is 21.4. The molecule has 0 saturated carbocycles. The van der Waals surface area contributed by atoms with Gasteiger partial charge >= 0.3 is 0 Å². The van der Waals surface area contributed by atoms with Crippen molar-refractivity contribution >= 4 is 11.8 Å². The number of nitrogens with zero attached hydrogens (tertiary/aromatic N) is 2. The second kappa shape index (κ2) is 10.9. The average Bonchev–Trinajstić information content (AvgIpc) is 2.95. The van der Waals surface area contributed by atoms with Crippen LogP contribution in [0.5, 0.6) is 5.75 Å². The van der Waals surface area contributed by atoms with Crippen molar-refractivity contribution in [3.63, 3.8) is 0 Å². The van der Waals surface area contributed by atoms with Gasteiger partial charge in [-0.05, 0) is 52.6 Å². The lowest BCUT2D eigenvalue weighted by Gasteiger charge is -2.43. The Morgan fingerprint density at radius 3 is 2.21 bits per heavy atom. The summed E-state index contributed by atoms with van der Waals surface area (Å²) in [6.45, 7) is 0.676. The number of carbonyl (C=O) groups is 2. The van der Waals surface area contributed by atoms with Crippen LogP contribution in [-0.2, 0) is 17.9 Å². The van der Waals surface area contributed by atoms with Crippen molar-refractivity contribution in [3.05, 3.63) is 137 Å². The fourth-order valence-electron chi connectivity index (χ4n) is 5.16. The highest BCUT2D eigenvalue weighted by molar-refractivity contribution is 6.01. The summed E-state index contributed by atoms with van der Waals surface area (Å²) in [4.78, 5) is 31.6. The number of hydrogen-bond acceptors (Lipinski definition) is 3. The highest BCUT2D eigenvalue weighted by Gasteiger charge is 2.45. The maximum absolute atomic E-state index is 14.2. The largest absolute Gasteiger partial charge is 0.497 e. The lowest BCUT2D eigenvalue weighted by molar-refractivity contribution is -0.134. The smallest absolute Gasteiger partial charge is 0.255 e. The topological polar surface area (TPSA) is 49.9 Å². The summed E-state index contributed by atoms with van der Waals surface area (Å²) >= 11 is 0. The van der Waals surface area contributed by atoms with Gasteiger partial charge in [0.05, 0.1) is 19.1 Å². The molecule has 4 aromatic rings. The second-order valence-electron chi connectivity index (χ2n) is 9.52. The molecule has 0 spiro atoms.